The number of nitrogens with zero attached hydrogens (tertiary/aromatic N) is 3. The van der Waals surface area contributed by atoms with Crippen molar-refractivity contribution < 1.29 is 9.53 Å². The first-order chi connectivity index (χ1) is 10.3. The second kappa shape index (κ2) is 6.21. The number of hydrogen-bond acceptors (Lipinski definition) is 4. The van der Waals surface area contributed by atoms with Crippen molar-refractivity contribution in [3.05, 3.63) is 48.1 Å². The van der Waals surface area contributed by atoms with E-state index in [9.17, 15) is 4.79 Å². The van der Waals surface area contributed by atoms with Crippen LogP contribution in [0, 0.1) is 0 Å². The molecule has 1 N–H and O–H groups in total. The van der Waals surface area contributed by atoms with Crippen LogP contribution < -0.4 is 10.1 Å². The maximum Gasteiger partial charge on any atom is 0.250 e. The number of carbonyl (C=O) groups is 1. The number of ether oxygens (including phenoxy) is 1. The van der Waals surface area contributed by atoms with Crippen LogP contribution in [0.4, 0.5) is 0 Å². The Balaban J connectivity index is 1.51. The van der Waals surface area contributed by atoms with Crippen LogP contribution in [0.1, 0.15) is 12.0 Å². The summed E-state index contributed by atoms with van der Waals surface area (Å²) in [6.07, 6.45) is 5.85. The van der Waals surface area contributed by atoms with Gasteiger partial charge in [0, 0.05) is 18.7 Å². The molecule has 0 fully saturated rings. The summed E-state index contributed by atoms with van der Waals surface area (Å²) in [7, 11) is 0. The molecule has 0 saturated carbocycles. The summed E-state index contributed by atoms with van der Waals surface area (Å²) in [6, 6.07) is 7.69. The summed E-state index contributed by atoms with van der Waals surface area (Å²) in [5.41, 5.74) is 1.59. The van der Waals surface area contributed by atoms with Gasteiger partial charge in [-0.25, -0.2) is 4.98 Å². The quantitative estimate of drug-likeness (QED) is 0.839. The van der Waals surface area contributed by atoms with Crippen LogP contribution in [-0.2, 0) is 11.3 Å². The molecule has 1 aliphatic heterocycles. The highest BCUT2D eigenvalue weighted by molar-refractivity contribution is 5.99. The lowest BCUT2D eigenvalue weighted by Gasteiger charge is -2.17. The topological polar surface area (TPSA) is 69.0 Å². The smallest absolute Gasteiger partial charge is 0.250 e. The molecule has 1 amide bonds. The zero-order valence-electron chi connectivity index (χ0n) is 11.5. The van der Waals surface area contributed by atoms with Gasteiger partial charge in [0.05, 0.1) is 5.57 Å². The number of fused-ring (bicyclic) bond motifs is 1. The lowest BCUT2D eigenvalue weighted by Crippen LogP contribution is -2.29. The highest BCUT2D eigenvalue weighted by Gasteiger charge is 2.16. The molecule has 2 heterocycles. The fourth-order valence-corrected chi connectivity index (χ4v) is 2.15. The lowest BCUT2D eigenvalue weighted by atomic mass is 10.1. The van der Waals surface area contributed by atoms with Crippen LogP contribution in [0.15, 0.2) is 42.5 Å². The SMILES string of the molecule is O=C(NCCCn1cncn1)C1=Cc2ccccc2OC1. The zero-order chi connectivity index (χ0) is 14.5. The van der Waals surface area contributed by atoms with Crippen molar-refractivity contribution in [2.75, 3.05) is 13.2 Å². The minimum atomic E-state index is -0.0805. The number of rotatable bonds is 5. The van der Waals surface area contributed by atoms with Gasteiger partial charge in [0.2, 0.25) is 0 Å². The monoisotopic (exact) mass is 284 g/mol. The predicted octanol–water partition coefficient (Wildman–Crippen LogP) is 1.26. The molecule has 0 aliphatic carbocycles. The number of aryl methyl sites for hydroxylation is 1. The van der Waals surface area contributed by atoms with E-state index >= 15 is 0 Å². The molecule has 0 radical (unpaired) electrons. The summed E-state index contributed by atoms with van der Waals surface area (Å²) in [5, 5.41) is 6.91. The van der Waals surface area contributed by atoms with Crippen LogP contribution in [0.3, 0.4) is 0 Å². The number of carbonyl (C=O) groups excluding carboxylic acids is 1. The third kappa shape index (κ3) is 3.28. The first kappa shape index (κ1) is 13.4. The van der Waals surface area contributed by atoms with E-state index in [1.165, 1.54) is 6.33 Å². The van der Waals surface area contributed by atoms with E-state index in [4.69, 9.17) is 4.74 Å². The Hall–Kier alpha value is -2.63. The van der Waals surface area contributed by atoms with E-state index in [0.29, 0.717) is 18.7 Å². The fraction of sp³-hybridized carbons (Fsp3) is 0.267. The number of benzene rings is 1. The molecule has 6 nitrogen and oxygen atoms in total. The van der Waals surface area contributed by atoms with Crippen LogP contribution in [0.5, 0.6) is 5.75 Å². The molecular weight excluding hydrogens is 268 g/mol. The normalized spacial score (nSPS) is 13.0. The predicted molar refractivity (Wildman–Crippen MR) is 77.6 cm³/mol. The minimum absolute atomic E-state index is 0.0805. The molecule has 2 aromatic rings. The summed E-state index contributed by atoms with van der Waals surface area (Å²) in [6.45, 7) is 1.64. The number of hydrogen-bond donors (Lipinski definition) is 1. The van der Waals surface area contributed by atoms with Crippen molar-refractivity contribution in [2.24, 2.45) is 0 Å². The van der Waals surface area contributed by atoms with Crippen LogP contribution >= 0.6 is 0 Å². The van der Waals surface area contributed by atoms with Gasteiger partial charge in [-0.3, -0.25) is 9.48 Å². The van der Waals surface area contributed by atoms with E-state index in [2.05, 4.69) is 15.4 Å². The first-order valence-electron chi connectivity index (χ1n) is 6.86. The molecule has 1 aromatic carbocycles. The highest BCUT2D eigenvalue weighted by atomic mass is 16.5. The van der Waals surface area contributed by atoms with E-state index in [0.717, 1.165) is 24.3 Å². The van der Waals surface area contributed by atoms with Gasteiger partial charge >= 0.3 is 0 Å². The molecule has 0 atom stereocenters. The molecule has 6 heteroatoms. The van der Waals surface area contributed by atoms with Crippen molar-refractivity contribution in [2.45, 2.75) is 13.0 Å². The molecule has 21 heavy (non-hydrogen) atoms. The van der Waals surface area contributed by atoms with E-state index in [-0.39, 0.29) is 5.91 Å². The van der Waals surface area contributed by atoms with Gasteiger partial charge in [0.1, 0.15) is 25.0 Å². The molecule has 3 rings (SSSR count). The second-order valence-corrected chi connectivity index (χ2v) is 4.76. The number of nitrogens with one attached hydrogen (secondary N) is 1. The molecule has 1 aromatic heterocycles. The minimum Gasteiger partial charge on any atom is -0.488 e. The van der Waals surface area contributed by atoms with E-state index in [1.54, 1.807) is 11.0 Å². The lowest BCUT2D eigenvalue weighted by molar-refractivity contribution is -0.117. The Morgan fingerprint density at radius 3 is 3.14 bits per heavy atom. The Kier molecular flexibility index (Phi) is 3.95. The van der Waals surface area contributed by atoms with Gasteiger partial charge in [-0.2, -0.15) is 5.10 Å². The Bertz CT molecular complexity index is 649. The maximum absolute atomic E-state index is 12.1. The van der Waals surface area contributed by atoms with Crippen molar-refractivity contribution in [1.82, 2.24) is 20.1 Å². The fourth-order valence-electron chi connectivity index (χ4n) is 2.15. The van der Waals surface area contributed by atoms with Crippen molar-refractivity contribution in [3.63, 3.8) is 0 Å². The van der Waals surface area contributed by atoms with Gasteiger partial charge in [-0.15, -0.1) is 0 Å². The molecule has 0 unspecified atom stereocenters. The third-order valence-corrected chi connectivity index (χ3v) is 3.24. The van der Waals surface area contributed by atoms with Gasteiger partial charge < -0.3 is 10.1 Å². The van der Waals surface area contributed by atoms with Crippen molar-refractivity contribution in [3.8, 4) is 5.75 Å². The molecule has 1 aliphatic rings. The first-order valence-corrected chi connectivity index (χ1v) is 6.86. The summed E-state index contributed by atoms with van der Waals surface area (Å²) in [4.78, 5) is 15.9. The largest absolute Gasteiger partial charge is 0.488 e. The molecule has 0 bridgehead atoms. The molecule has 0 saturated heterocycles. The van der Waals surface area contributed by atoms with Crippen LogP contribution in [0.2, 0.25) is 0 Å². The zero-order valence-corrected chi connectivity index (χ0v) is 11.5. The highest BCUT2D eigenvalue weighted by Crippen LogP contribution is 2.25. The van der Waals surface area contributed by atoms with Gasteiger partial charge in [-0.05, 0) is 18.6 Å². The van der Waals surface area contributed by atoms with Crippen molar-refractivity contribution in [1.29, 1.82) is 0 Å². The average molecular weight is 284 g/mol. The molecule has 0 spiro atoms. The van der Waals surface area contributed by atoms with Crippen molar-refractivity contribution >= 4 is 12.0 Å². The van der Waals surface area contributed by atoms with Crippen LogP contribution in [0.25, 0.3) is 6.08 Å². The summed E-state index contributed by atoms with van der Waals surface area (Å²) >= 11 is 0. The summed E-state index contributed by atoms with van der Waals surface area (Å²) < 4.78 is 7.31. The van der Waals surface area contributed by atoms with Crippen LogP contribution in [-0.4, -0.2) is 33.8 Å². The van der Waals surface area contributed by atoms with Gasteiger partial charge in [0.25, 0.3) is 5.91 Å². The molecular formula is C15H16N4O2. The van der Waals surface area contributed by atoms with E-state index < -0.39 is 0 Å². The number of amides is 1. The maximum atomic E-state index is 12.1. The van der Waals surface area contributed by atoms with Gasteiger partial charge in [-0.1, -0.05) is 18.2 Å². The number of aromatic nitrogens is 3. The third-order valence-electron chi connectivity index (χ3n) is 3.24. The van der Waals surface area contributed by atoms with Gasteiger partial charge in [0.15, 0.2) is 0 Å². The average Bonchev–Trinajstić information content (AvgIpc) is 3.04. The Labute approximate surface area is 122 Å². The summed E-state index contributed by atoms with van der Waals surface area (Å²) in [5.74, 6) is 0.739. The Morgan fingerprint density at radius 1 is 1.38 bits per heavy atom. The Morgan fingerprint density at radius 2 is 2.29 bits per heavy atom. The standard InChI is InChI=1S/C15H16N4O2/c20-15(17-6-3-7-19-11-16-10-18-19)13-8-12-4-1-2-5-14(12)21-9-13/h1-2,4-5,8,10-11H,3,6-7,9H2,(H,17,20). The molecule has 108 valence electrons. The van der Waals surface area contributed by atoms with E-state index in [1.807, 2.05) is 30.3 Å². The number of para-hydroxylation sites is 1. The second-order valence-electron chi connectivity index (χ2n) is 4.76.